The summed E-state index contributed by atoms with van der Waals surface area (Å²) in [5.74, 6) is 0.793. The molecule has 0 aliphatic carbocycles. The van der Waals surface area contributed by atoms with E-state index in [4.69, 9.17) is 11.6 Å². The van der Waals surface area contributed by atoms with E-state index in [1.807, 2.05) is 38.1 Å². The fourth-order valence-corrected chi connectivity index (χ4v) is 2.73. The summed E-state index contributed by atoms with van der Waals surface area (Å²) in [6, 6.07) is 7.77. The van der Waals surface area contributed by atoms with Gasteiger partial charge in [0, 0.05) is 16.2 Å². The number of halogens is 1. The molecule has 2 N–H and O–H groups in total. The van der Waals surface area contributed by atoms with Gasteiger partial charge in [0.1, 0.15) is 0 Å². The quantitative estimate of drug-likeness (QED) is 0.771. The van der Waals surface area contributed by atoms with Gasteiger partial charge in [0.2, 0.25) is 0 Å². The SMILES string of the molecule is CCNC(C)(CO)CSc1ccccc1Cl. The maximum Gasteiger partial charge on any atom is 0.0618 e. The van der Waals surface area contributed by atoms with Gasteiger partial charge >= 0.3 is 0 Å². The van der Waals surface area contributed by atoms with Crippen LogP contribution in [0.4, 0.5) is 0 Å². The van der Waals surface area contributed by atoms with Crippen molar-refractivity contribution in [2.45, 2.75) is 24.3 Å². The van der Waals surface area contributed by atoms with Gasteiger partial charge in [-0.25, -0.2) is 0 Å². The van der Waals surface area contributed by atoms with Gasteiger partial charge in [-0.05, 0) is 25.6 Å². The molecule has 0 bridgehead atoms. The predicted octanol–water partition coefficient (Wildman–Crippen LogP) is 2.79. The fraction of sp³-hybridized carbons (Fsp3) is 0.500. The molecule has 1 aromatic rings. The van der Waals surface area contributed by atoms with E-state index < -0.39 is 0 Å². The van der Waals surface area contributed by atoms with E-state index in [2.05, 4.69) is 5.32 Å². The molecule has 0 amide bonds. The van der Waals surface area contributed by atoms with E-state index in [0.29, 0.717) is 0 Å². The number of likely N-dealkylation sites (N-methyl/N-ethyl adjacent to an activating group) is 1. The van der Waals surface area contributed by atoms with Gasteiger partial charge in [0.25, 0.3) is 0 Å². The van der Waals surface area contributed by atoms with Crippen molar-refractivity contribution in [3.05, 3.63) is 29.3 Å². The first-order chi connectivity index (χ1) is 7.61. The van der Waals surface area contributed by atoms with Crippen molar-refractivity contribution in [3.8, 4) is 0 Å². The first-order valence-corrected chi connectivity index (χ1v) is 6.71. The lowest BCUT2D eigenvalue weighted by Crippen LogP contribution is -2.47. The molecule has 0 aliphatic rings. The van der Waals surface area contributed by atoms with E-state index in [-0.39, 0.29) is 12.1 Å². The van der Waals surface area contributed by atoms with Gasteiger partial charge < -0.3 is 10.4 Å². The number of aliphatic hydroxyl groups excluding tert-OH is 1. The zero-order valence-corrected chi connectivity index (χ0v) is 11.2. The Hall–Kier alpha value is -0.220. The highest BCUT2D eigenvalue weighted by molar-refractivity contribution is 7.99. The Morgan fingerprint density at radius 2 is 2.12 bits per heavy atom. The number of nitrogens with one attached hydrogen (secondary N) is 1. The number of aliphatic hydroxyl groups is 1. The molecule has 0 radical (unpaired) electrons. The van der Waals surface area contributed by atoms with Crippen LogP contribution in [0.5, 0.6) is 0 Å². The summed E-state index contributed by atoms with van der Waals surface area (Å²) in [5, 5.41) is 13.4. The first kappa shape index (κ1) is 13.8. The Morgan fingerprint density at radius 3 is 2.69 bits per heavy atom. The normalized spacial score (nSPS) is 14.8. The van der Waals surface area contributed by atoms with Gasteiger partial charge in [-0.3, -0.25) is 0 Å². The van der Waals surface area contributed by atoms with Crippen molar-refractivity contribution in [3.63, 3.8) is 0 Å². The molecular weight excluding hydrogens is 242 g/mol. The van der Waals surface area contributed by atoms with Crippen LogP contribution in [0, 0.1) is 0 Å². The Kier molecular flexibility index (Phi) is 5.62. The zero-order valence-electron chi connectivity index (χ0n) is 9.66. The molecule has 0 aromatic heterocycles. The monoisotopic (exact) mass is 259 g/mol. The summed E-state index contributed by atoms with van der Waals surface area (Å²) in [4.78, 5) is 1.06. The van der Waals surface area contributed by atoms with E-state index in [9.17, 15) is 5.11 Å². The largest absolute Gasteiger partial charge is 0.394 e. The highest BCUT2D eigenvalue weighted by Crippen LogP contribution is 2.28. The molecule has 16 heavy (non-hydrogen) atoms. The summed E-state index contributed by atoms with van der Waals surface area (Å²) in [5.41, 5.74) is -0.251. The van der Waals surface area contributed by atoms with Crippen molar-refractivity contribution < 1.29 is 5.11 Å². The van der Waals surface area contributed by atoms with Crippen molar-refractivity contribution in [1.29, 1.82) is 0 Å². The Balaban J connectivity index is 2.59. The molecule has 0 aliphatic heterocycles. The average Bonchev–Trinajstić information content (AvgIpc) is 2.28. The summed E-state index contributed by atoms with van der Waals surface area (Å²) < 4.78 is 0. The number of benzene rings is 1. The standard InChI is InChI=1S/C12H18ClNOS/c1-3-14-12(2,8-15)9-16-11-7-5-4-6-10(11)13/h4-7,14-15H,3,8-9H2,1-2H3. The van der Waals surface area contributed by atoms with Crippen molar-refractivity contribution in [1.82, 2.24) is 5.32 Å². The molecule has 1 aromatic carbocycles. The molecule has 0 saturated carbocycles. The molecule has 1 rings (SSSR count). The molecule has 1 unspecified atom stereocenters. The van der Waals surface area contributed by atoms with Crippen LogP contribution in [0.15, 0.2) is 29.2 Å². The van der Waals surface area contributed by atoms with Crippen LogP contribution in [0.3, 0.4) is 0 Å². The Morgan fingerprint density at radius 1 is 1.44 bits per heavy atom. The smallest absolute Gasteiger partial charge is 0.0618 e. The lowest BCUT2D eigenvalue weighted by molar-refractivity contribution is 0.194. The maximum atomic E-state index is 9.35. The Bertz CT molecular complexity index is 335. The molecule has 0 spiro atoms. The second kappa shape index (κ2) is 6.50. The van der Waals surface area contributed by atoms with Crippen molar-refractivity contribution in [2.75, 3.05) is 18.9 Å². The van der Waals surface area contributed by atoms with Crippen LogP contribution in [-0.2, 0) is 0 Å². The van der Waals surface area contributed by atoms with Crippen LogP contribution >= 0.6 is 23.4 Å². The van der Waals surface area contributed by atoms with Crippen LogP contribution in [0.1, 0.15) is 13.8 Å². The predicted molar refractivity (Wildman–Crippen MR) is 71.3 cm³/mol. The van der Waals surface area contributed by atoms with Gasteiger partial charge in [-0.1, -0.05) is 30.7 Å². The third-order valence-electron chi connectivity index (χ3n) is 2.34. The third-order valence-corrected chi connectivity index (χ3v) is 4.23. The minimum atomic E-state index is -0.251. The molecule has 90 valence electrons. The molecule has 4 heteroatoms. The number of hydrogen-bond donors (Lipinski definition) is 2. The minimum absolute atomic E-state index is 0.123. The van der Waals surface area contributed by atoms with Crippen molar-refractivity contribution >= 4 is 23.4 Å². The van der Waals surface area contributed by atoms with Crippen LogP contribution in [0.25, 0.3) is 0 Å². The first-order valence-electron chi connectivity index (χ1n) is 5.34. The highest BCUT2D eigenvalue weighted by atomic mass is 35.5. The van der Waals surface area contributed by atoms with Gasteiger partial charge in [0.05, 0.1) is 11.6 Å². The summed E-state index contributed by atoms with van der Waals surface area (Å²) in [6.45, 7) is 5.02. The van der Waals surface area contributed by atoms with E-state index >= 15 is 0 Å². The van der Waals surface area contributed by atoms with Gasteiger partial charge in [-0.15, -0.1) is 11.8 Å². The average molecular weight is 260 g/mol. The van der Waals surface area contributed by atoms with Crippen LogP contribution in [-0.4, -0.2) is 29.5 Å². The topological polar surface area (TPSA) is 32.3 Å². The molecule has 1 atom stereocenters. The van der Waals surface area contributed by atoms with Gasteiger partial charge in [0.15, 0.2) is 0 Å². The molecular formula is C12H18ClNOS. The summed E-state index contributed by atoms with van der Waals surface area (Å²) in [6.07, 6.45) is 0. The van der Waals surface area contributed by atoms with Crippen LogP contribution < -0.4 is 5.32 Å². The fourth-order valence-electron chi connectivity index (χ4n) is 1.38. The van der Waals surface area contributed by atoms with E-state index in [0.717, 1.165) is 22.2 Å². The second-order valence-corrected chi connectivity index (χ2v) is 5.39. The molecule has 0 heterocycles. The van der Waals surface area contributed by atoms with E-state index in [1.165, 1.54) is 0 Å². The van der Waals surface area contributed by atoms with E-state index in [1.54, 1.807) is 11.8 Å². The summed E-state index contributed by atoms with van der Waals surface area (Å²) in [7, 11) is 0. The number of thioether (sulfide) groups is 1. The van der Waals surface area contributed by atoms with Gasteiger partial charge in [-0.2, -0.15) is 0 Å². The second-order valence-electron chi connectivity index (χ2n) is 3.97. The minimum Gasteiger partial charge on any atom is -0.394 e. The highest BCUT2D eigenvalue weighted by Gasteiger charge is 2.22. The lowest BCUT2D eigenvalue weighted by atomic mass is 10.1. The summed E-state index contributed by atoms with van der Waals surface area (Å²) >= 11 is 7.73. The van der Waals surface area contributed by atoms with Crippen molar-refractivity contribution in [2.24, 2.45) is 0 Å². The lowest BCUT2D eigenvalue weighted by Gasteiger charge is -2.28. The number of rotatable bonds is 6. The van der Waals surface area contributed by atoms with Crippen LogP contribution in [0.2, 0.25) is 5.02 Å². The molecule has 0 saturated heterocycles. The zero-order chi connectivity index (χ0) is 12.0. The molecule has 2 nitrogen and oxygen atoms in total. The third kappa shape index (κ3) is 3.98. The number of hydrogen-bond acceptors (Lipinski definition) is 3. The Labute approximate surface area is 106 Å². The molecule has 0 fully saturated rings. The maximum absolute atomic E-state index is 9.35.